The molecule has 27 heavy (non-hydrogen) atoms. The molecule has 0 N–H and O–H groups in total. The molecule has 0 nitrogen and oxygen atoms in total. The number of benzene rings is 2. The minimum absolute atomic E-state index is 0.114. The highest BCUT2D eigenvalue weighted by atomic mass is 14.4. The minimum Gasteiger partial charge on any atom is -0.0947 e. The molecular formula is C27H34. The number of aryl methyl sites for hydroxylation is 2. The van der Waals surface area contributed by atoms with Crippen LogP contribution in [-0.2, 0) is 6.42 Å². The first kappa shape index (κ1) is 19.7. The van der Waals surface area contributed by atoms with Crippen LogP contribution < -0.4 is 0 Å². The summed E-state index contributed by atoms with van der Waals surface area (Å²) in [5, 5.41) is 0. The van der Waals surface area contributed by atoms with Crippen LogP contribution in [0.2, 0.25) is 0 Å². The van der Waals surface area contributed by atoms with E-state index in [0.717, 1.165) is 12.8 Å². The fourth-order valence-electron chi connectivity index (χ4n) is 4.65. The molecule has 0 aliphatic heterocycles. The van der Waals surface area contributed by atoms with E-state index >= 15 is 0 Å². The van der Waals surface area contributed by atoms with E-state index in [4.69, 9.17) is 0 Å². The van der Waals surface area contributed by atoms with Crippen LogP contribution >= 0.6 is 0 Å². The Morgan fingerprint density at radius 1 is 0.852 bits per heavy atom. The van der Waals surface area contributed by atoms with Crippen LogP contribution in [-0.4, -0.2) is 0 Å². The van der Waals surface area contributed by atoms with E-state index in [-0.39, 0.29) is 10.8 Å². The summed E-state index contributed by atoms with van der Waals surface area (Å²) in [6.07, 6.45) is 2.18. The average molecular weight is 359 g/mol. The predicted molar refractivity (Wildman–Crippen MR) is 120 cm³/mol. The Hall–Kier alpha value is -2.08. The van der Waals surface area contributed by atoms with Crippen molar-refractivity contribution < 1.29 is 0 Å². The van der Waals surface area contributed by atoms with Crippen LogP contribution in [0, 0.1) is 17.8 Å². The Morgan fingerprint density at radius 3 is 2.04 bits per heavy atom. The summed E-state index contributed by atoms with van der Waals surface area (Å²) >= 11 is 0. The van der Waals surface area contributed by atoms with E-state index < -0.39 is 0 Å². The van der Waals surface area contributed by atoms with Crippen molar-refractivity contribution in [3.63, 3.8) is 0 Å². The van der Waals surface area contributed by atoms with Crippen molar-refractivity contribution in [3.8, 4) is 11.1 Å². The highest BCUT2D eigenvalue weighted by molar-refractivity contribution is 5.87. The summed E-state index contributed by atoms with van der Waals surface area (Å²) in [6, 6.07) is 15.8. The molecule has 3 rings (SSSR count). The molecule has 2 aromatic carbocycles. The van der Waals surface area contributed by atoms with Crippen LogP contribution in [0.4, 0.5) is 0 Å². The van der Waals surface area contributed by atoms with Gasteiger partial charge in [0.25, 0.3) is 0 Å². The van der Waals surface area contributed by atoms with Crippen LogP contribution in [0.1, 0.15) is 64.7 Å². The molecule has 2 aromatic rings. The smallest absolute Gasteiger partial charge is 0.00951 e. The number of hydrogen-bond donors (Lipinski definition) is 0. The molecule has 0 aromatic heterocycles. The van der Waals surface area contributed by atoms with Crippen molar-refractivity contribution >= 4 is 5.57 Å². The van der Waals surface area contributed by atoms with Gasteiger partial charge < -0.3 is 0 Å². The lowest BCUT2D eigenvalue weighted by Gasteiger charge is -2.45. The quantitative estimate of drug-likeness (QED) is 0.521. The first-order valence-electron chi connectivity index (χ1n) is 10.2. The van der Waals surface area contributed by atoms with Crippen LogP contribution in [0.15, 0.2) is 60.2 Å². The minimum atomic E-state index is 0.114. The van der Waals surface area contributed by atoms with E-state index in [1.807, 2.05) is 0 Å². The highest BCUT2D eigenvalue weighted by Gasteiger charge is 2.40. The van der Waals surface area contributed by atoms with Crippen LogP contribution in [0.25, 0.3) is 16.7 Å². The maximum atomic E-state index is 4.57. The summed E-state index contributed by atoms with van der Waals surface area (Å²) in [5.41, 5.74) is 11.1. The van der Waals surface area contributed by atoms with Crippen molar-refractivity contribution in [1.29, 1.82) is 0 Å². The maximum Gasteiger partial charge on any atom is -0.00951 e. The standard InChI is InChI=1S/C27H34/c1-9-21-14-15-23(22-12-10-18(2)11-13-22)16-24(21)25-19(3)26(5,6)17-27(7,8)20(25)4/h10-16H,3,9,17H2,1-2,4-8H3. The fourth-order valence-corrected chi connectivity index (χ4v) is 4.65. The van der Waals surface area contributed by atoms with Crippen molar-refractivity contribution in [1.82, 2.24) is 0 Å². The zero-order chi connectivity index (χ0) is 20.0. The number of hydrogen-bond acceptors (Lipinski definition) is 0. The molecule has 0 atom stereocenters. The fraction of sp³-hybridized carbons (Fsp3) is 0.407. The normalized spacial score (nSPS) is 18.7. The SMILES string of the molecule is C=C1C(c2cc(-c3ccc(C)cc3)ccc2CC)=C(C)C(C)(C)CC1(C)C. The second kappa shape index (κ2) is 6.82. The molecule has 0 saturated heterocycles. The lowest BCUT2D eigenvalue weighted by molar-refractivity contribution is 0.261. The zero-order valence-electron chi connectivity index (χ0n) is 18.2. The van der Waals surface area contributed by atoms with Gasteiger partial charge in [-0.3, -0.25) is 0 Å². The summed E-state index contributed by atoms with van der Waals surface area (Å²) in [4.78, 5) is 0. The van der Waals surface area contributed by atoms with E-state index in [1.165, 1.54) is 44.5 Å². The molecule has 0 unspecified atom stereocenters. The number of rotatable bonds is 3. The molecule has 0 heterocycles. The van der Waals surface area contributed by atoms with Gasteiger partial charge in [-0.15, -0.1) is 0 Å². The van der Waals surface area contributed by atoms with Gasteiger partial charge in [-0.25, -0.2) is 0 Å². The van der Waals surface area contributed by atoms with Crippen LogP contribution in [0.5, 0.6) is 0 Å². The first-order valence-corrected chi connectivity index (χ1v) is 10.2. The van der Waals surface area contributed by atoms with Gasteiger partial charge in [0.2, 0.25) is 0 Å². The van der Waals surface area contributed by atoms with E-state index in [0.29, 0.717) is 0 Å². The van der Waals surface area contributed by atoms with Gasteiger partial charge in [-0.2, -0.15) is 0 Å². The van der Waals surface area contributed by atoms with Gasteiger partial charge in [0.1, 0.15) is 0 Å². The Morgan fingerprint density at radius 2 is 1.44 bits per heavy atom. The highest BCUT2D eigenvalue weighted by Crippen LogP contribution is 2.54. The third kappa shape index (κ3) is 3.55. The van der Waals surface area contributed by atoms with Crippen molar-refractivity contribution in [2.45, 2.75) is 61.3 Å². The molecule has 0 radical (unpaired) electrons. The number of allylic oxidation sites excluding steroid dienone is 3. The summed E-state index contributed by atoms with van der Waals surface area (Å²) in [5.74, 6) is 0. The van der Waals surface area contributed by atoms with Gasteiger partial charge in [0.15, 0.2) is 0 Å². The van der Waals surface area contributed by atoms with Crippen LogP contribution in [0.3, 0.4) is 0 Å². The van der Waals surface area contributed by atoms with Gasteiger partial charge in [0, 0.05) is 0 Å². The van der Waals surface area contributed by atoms with E-state index in [9.17, 15) is 0 Å². The monoisotopic (exact) mass is 358 g/mol. The molecule has 0 spiro atoms. The largest absolute Gasteiger partial charge is 0.0947 e. The predicted octanol–water partition coefficient (Wildman–Crippen LogP) is 8.01. The first-order chi connectivity index (χ1) is 12.6. The van der Waals surface area contributed by atoms with Gasteiger partial charge >= 0.3 is 0 Å². The topological polar surface area (TPSA) is 0 Å². The molecular weight excluding hydrogens is 324 g/mol. The zero-order valence-corrected chi connectivity index (χ0v) is 18.2. The Kier molecular flexibility index (Phi) is 4.97. The Balaban J connectivity index is 2.24. The van der Waals surface area contributed by atoms with E-state index in [1.54, 1.807) is 0 Å². The van der Waals surface area contributed by atoms with Crippen molar-refractivity contribution in [3.05, 3.63) is 76.9 Å². The average Bonchev–Trinajstić information content (AvgIpc) is 2.60. The van der Waals surface area contributed by atoms with Gasteiger partial charge in [-0.1, -0.05) is 88.7 Å². The molecule has 0 amide bonds. The molecule has 0 fully saturated rings. The molecule has 0 bridgehead atoms. The van der Waals surface area contributed by atoms with Crippen molar-refractivity contribution in [2.24, 2.45) is 10.8 Å². The second-order valence-electron chi connectivity index (χ2n) is 9.51. The summed E-state index contributed by atoms with van der Waals surface area (Å²) < 4.78 is 0. The van der Waals surface area contributed by atoms with Gasteiger partial charge in [0.05, 0.1) is 0 Å². The van der Waals surface area contributed by atoms with E-state index in [2.05, 4.69) is 97.5 Å². The molecule has 0 saturated carbocycles. The third-order valence-corrected chi connectivity index (χ3v) is 6.54. The maximum absolute atomic E-state index is 4.57. The molecule has 142 valence electrons. The summed E-state index contributed by atoms with van der Waals surface area (Å²) in [7, 11) is 0. The molecule has 1 aliphatic carbocycles. The lowest BCUT2D eigenvalue weighted by atomic mass is 9.59. The van der Waals surface area contributed by atoms with Crippen molar-refractivity contribution in [2.75, 3.05) is 0 Å². The summed E-state index contributed by atoms with van der Waals surface area (Å²) in [6.45, 7) is 20.7. The Labute approximate surface area is 166 Å². The third-order valence-electron chi connectivity index (χ3n) is 6.54. The lowest BCUT2D eigenvalue weighted by Crippen LogP contribution is -2.32. The second-order valence-corrected chi connectivity index (χ2v) is 9.51. The Bertz CT molecular complexity index is 902. The molecule has 0 heteroatoms. The van der Waals surface area contributed by atoms with Gasteiger partial charge in [-0.05, 0) is 77.0 Å². The molecule has 1 aliphatic rings.